The van der Waals surface area contributed by atoms with Crippen LogP contribution in [0.3, 0.4) is 0 Å². The SMILES string of the molecule is CSc1ccc(C(=O)Nc2ccc3c(c2)CC(=O)N3)cc1. The average molecular weight is 298 g/mol. The Morgan fingerprint density at radius 3 is 2.67 bits per heavy atom. The Morgan fingerprint density at radius 1 is 1.19 bits per heavy atom. The van der Waals surface area contributed by atoms with Gasteiger partial charge in [-0.1, -0.05) is 0 Å². The summed E-state index contributed by atoms with van der Waals surface area (Å²) in [5.41, 5.74) is 3.05. The number of thioether (sulfide) groups is 1. The van der Waals surface area contributed by atoms with Crippen molar-refractivity contribution in [1.82, 2.24) is 0 Å². The second kappa shape index (κ2) is 5.61. The van der Waals surface area contributed by atoms with Crippen molar-refractivity contribution in [2.75, 3.05) is 16.9 Å². The van der Waals surface area contributed by atoms with Crippen molar-refractivity contribution in [1.29, 1.82) is 0 Å². The maximum atomic E-state index is 12.2. The van der Waals surface area contributed by atoms with Crippen LogP contribution in [0.25, 0.3) is 0 Å². The Kier molecular flexibility index (Phi) is 3.66. The minimum Gasteiger partial charge on any atom is -0.326 e. The zero-order valence-electron chi connectivity index (χ0n) is 11.5. The quantitative estimate of drug-likeness (QED) is 0.856. The fourth-order valence-corrected chi connectivity index (χ4v) is 2.66. The lowest BCUT2D eigenvalue weighted by molar-refractivity contribution is -0.115. The van der Waals surface area contributed by atoms with Crippen LogP contribution in [0.2, 0.25) is 0 Å². The Labute approximate surface area is 126 Å². The van der Waals surface area contributed by atoms with Crippen LogP contribution in [0, 0.1) is 0 Å². The van der Waals surface area contributed by atoms with E-state index in [0.29, 0.717) is 17.7 Å². The molecule has 0 aromatic heterocycles. The van der Waals surface area contributed by atoms with Gasteiger partial charge in [0, 0.05) is 21.8 Å². The second-order valence-corrected chi connectivity index (χ2v) is 5.66. The summed E-state index contributed by atoms with van der Waals surface area (Å²) >= 11 is 1.64. The largest absolute Gasteiger partial charge is 0.326 e. The molecule has 0 fully saturated rings. The van der Waals surface area contributed by atoms with E-state index in [2.05, 4.69) is 10.6 Å². The number of anilines is 2. The molecule has 4 nitrogen and oxygen atoms in total. The van der Waals surface area contributed by atoms with Gasteiger partial charge in [0.2, 0.25) is 5.91 Å². The summed E-state index contributed by atoms with van der Waals surface area (Å²) in [6.45, 7) is 0. The second-order valence-electron chi connectivity index (χ2n) is 4.78. The predicted octanol–water partition coefficient (Wildman–Crippen LogP) is 3.16. The molecule has 0 atom stereocenters. The molecule has 21 heavy (non-hydrogen) atoms. The molecule has 2 N–H and O–H groups in total. The molecule has 0 unspecified atom stereocenters. The number of nitrogens with one attached hydrogen (secondary N) is 2. The van der Waals surface area contributed by atoms with Gasteiger partial charge in [0.05, 0.1) is 6.42 Å². The van der Waals surface area contributed by atoms with Crippen LogP contribution in [0.4, 0.5) is 11.4 Å². The number of carbonyl (C=O) groups excluding carboxylic acids is 2. The van der Waals surface area contributed by atoms with Crippen LogP contribution in [0.1, 0.15) is 15.9 Å². The van der Waals surface area contributed by atoms with E-state index in [1.165, 1.54) is 0 Å². The van der Waals surface area contributed by atoms with Crippen LogP contribution in [0.15, 0.2) is 47.4 Å². The van der Waals surface area contributed by atoms with Gasteiger partial charge in [-0.25, -0.2) is 0 Å². The molecule has 2 aromatic rings. The molecule has 0 bridgehead atoms. The molecule has 1 heterocycles. The summed E-state index contributed by atoms with van der Waals surface area (Å²) in [6, 6.07) is 12.9. The molecule has 0 radical (unpaired) electrons. The van der Waals surface area contributed by atoms with Gasteiger partial charge in [0.1, 0.15) is 0 Å². The monoisotopic (exact) mass is 298 g/mol. The van der Waals surface area contributed by atoms with Gasteiger partial charge < -0.3 is 10.6 Å². The number of carbonyl (C=O) groups is 2. The van der Waals surface area contributed by atoms with E-state index >= 15 is 0 Å². The number of hydrogen-bond donors (Lipinski definition) is 2. The molecule has 0 spiro atoms. The summed E-state index contributed by atoms with van der Waals surface area (Å²) in [4.78, 5) is 24.6. The standard InChI is InChI=1S/C16H14N2O2S/c1-21-13-5-2-10(3-6-13)16(20)17-12-4-7-14-11(8-12)9-15(19)18-14/h2-8H,9H2,1H3,(H,17,20)(H,18,19). The highest BCUT2D eigenvalue weighted by molar-refractivity contribution is 7.98. The molecule has 0 saturated carbocycles. The molecule has 5 heteroatoms. The zero-order chi connectivity index (χ0) is 14.8. The molecular weight excluding hydrogens is 284 g/mol. The summed E-state index contributed by atoms with van der Waals surface area (Å²) in [5, 5.41) is 5.62. The summed E-state index contributed by atoms with van der Waals surface area (Å²) in [7, 11) is 0. The first-order valence-electron chi connectivity index (χ1n) is 6.54. The van der Waals surface area contributed by atoms with Crippen LogP contribution in [0.5, 0.6) is 0 Å². The number of amides is 2. The van der Waals surface area contributed by atoms with Gasteiger partial charge in [-0.05, 0) is 54.3 Å². The topological polar surface area (TPSA) is 58.2 Å². The van der Waals surface area contributed by atoms with Crippen molar-refractivity contribution >= 4 is 35.0 Å². The lowest BCUT2D eigenvalue weighted by Gasteiger charge is -2.07. The van der Waals surface area contributed by atoms with E-state index in [9.17, 15) is 9.59 Å². The van der Waals surface area contributed by atoms with E-state index in [0.717, 1.165) is 16.1 Å². The van der Waals surface area contributed by atoms with Crippen molar-refractivity contribution < 1.29 is 9.59 Å². The normalized spacial score (nSPS) is 12.7. The molecule has 3 rings (SSSR count). The van der Waals surface area contributed by atoms with Crippen LogP contribution < -0.4 is 10.6 Å². The lowest BCUT2D eigenvalue weighted by atomic mass is 10.1. The van der Waals surface area contributed by atoms with Crippen molar-refractivity contribution in [3.05, 3.63) is 53.6 Å². The van der Waals surface area contributed by atoms with Crippen LogP contribution >= 0.6 is 11.8 Å². The Balaban J connectivity index is 1.75. The minimum absolute atomic E-state index is 0.0128. The predicted molar refractivity (Wildman–Crippen MR) is 85.0 cm³/mol. The molecular formula is C16H14N2O2S. The van der Waals surface area contributed by atoms with E-state index in [1.807, 2.05) is 30.5 Å². The molecule has 0 saturated heterocycles. The third kappa shape index (κ3) is 2.92. The number of fused-ring (bicyclic) bond motifs is 1. The van der Waals surface area contributed by atoms with Gasteiger partial charge in [0.25, 0.3) is 5.91 Å². The van der Waals surface area contributed by atoms with Crippen molar-refractivity contribution in [2.45, 2.75) is 11.3 Å². The maximum absolute atomic E-state index is 12.2. The van der Waals surface area contributed by atoms with E-state index < -0.39 is 0 Å². The molecule has 106 valence electrons. The van der Waals surface area contributed by atoms with Crippen LogP contribution in [-0.2, 0) is 11.2 Å². The van der Waals surface area contributed by atoms with Gasteiger partial charge in [-0.2, -0.15) is 0 Å². The molecule has 1 aliphatic heterocycles. The first-order chi connectivity index (χ1) is 10.2. The molecule has 2 aromatic carbocycles. The van der Waals surface area contributed by atoms with Gasteiger partial charge in [-0.3, -0.25) is 9.59 Å². The third-order valence-corrected chi connectivity index (χ3v) is 4.08. The number of rotatable bonds is 3. The highest BCUT2D eigenvalue weighted by atomic mass is 32.2. The van der Waals surface area contributed by atoms with Gasteiger partial charge >= 0.3 is 0 Å². The lowest BCUT2D eigenvalue weighted by Crippen LogP contribution is -2.11. The Morgan fingerprint density at radius 2 is 1.95 bits per heavy atom. The fraction of sp³-hybridized carbons (Fsp3) is 0.125. The van der Waals surface area contributed by atoms with Gasteiger partial charge in [-0.15, -0.1) is 11.8 Å². The highest BCUT2D eigenvalue weighted by Crippen LogP contribution is 2.26. The van der Waals surface area contributed by atoms with E-state index in [1.54, 1.807) is 30.0 Å². The number of benzene rings is 2. The highest BCUT2D eigenvalue weighted by Gasteiger charge is 2.18. The average Bonchev–Trinajstić information content (AvgIpc) is 2.86. The van der Waals surface area contributed by atoms with Crippen molar-refractivity contribution in [2.24, 2.45) is 0 Å². The third-order valence-electron chi connectivity index (χ3n) is 3.34. The van der Waals surface area contributed by atoms with E-state index in [-0.39, 0.29) is 11.8 Å². The van der Waals surface area contributed by atoms with Crippen LogP contribution in [-0.4, -0.2) is 18.1 Å². The smallest absolute Gasteiger partial charge is 0.255 e. The fourth-order valence-electron chi connectivity index (χ4n) is 2.25. The summed E-state index contributed by atoms with van der Waals surface area (Å²) in [5.74, 6) is -0.166. The summed E-state index contributed by atoms with van der Waals surface area (Å²) in [6.07, 6.45) is 2.36. The first kappa shape index (κ1) is 13.7. The van der Waals surface area contributed by atoms with Gasteiger partial charge in [0.15, 0.2) is 0 Å². The first-order valence-corrected chi connectivity index (χ1v) is 7.76. The summed E-state index contributed by atoms with van der Waals surface area (Å²) < 4.78 is 0. The zero-order valence-corrected chi connectivity index (χ0v) is 12.3. The number of hydrogen-bond acceptors (Lipinski definition) is 3. The maximum Gasteiger partial charge on any atom is 0.255 e. The van der Waals surface area contributed by atoms with E-state index in [4.69, 9.17) is 0 Å². The Bertz CT molecular complexity index is 711. The van der Waals surface area contributed by atoms with Crippen molar-refractivity contribution in [3.63, 3.8) is 0 Å². The van der Waals surface area contributed by atoms with Crippen molar-refractivity contribution in [3.8, 4) is 0 Å². The molecule has 0 aliphatic carbocycles. The Hall–Kier alpha value is -2.27. The minimum atomic E-state index is -0.153. The molecule has 2 amide bonds. The molecule has 1 aliphatic rings.